The Morgan fingerprint density at radius 1 is 1.83 bits per heavy atom. The van der Waals surface area contributed by atoms with Crippen LogP contribution in [0.15, 0.2) is 0 Å². The molecule has 0 saturated heterocycles. The van der Waals surface area contributed by atoms with Gasteiger partial charge in [-0.25, -0.2) is 0 Å². The fourth-order valence-corrected chi connectivity index (χ4v) is 0. The summed E-state index contributed by atoms with van der Waals surface area (Å²) >= 11 is 4.17. The Kier molecular flexibility index (Phi) is 11.6. The predicted octanol–water partition coefficient (Wildman–Crippen LogP) is -3.50. The topological polar surface area (TPSA) is 49.4 Å². The molecule has 6 heavy (non-hydrogen) atoms. The quantitative estimate of drug-likeness (QED) is 0.432. The van der Waals surface area contributed by atoms with Gasteiger partial charge in [0.1, 0.15) is 0 Å². The summed E-state index contributed by atoms with van der Waals surface area (Å²) in [6.45, 7) is 0. The summed E-state index contributed by atoms with van der Waals surface area (Å²) in [5, 5.41) is 8.90. The van der Waals surface area contributed by atoms with Crippen molar-refractivity contribution in [2.24, 2.45) is 0 Å². The van der Waals surface area contributed by atoms with Crippen molar-refractivity contribution in [2.45, 2.75) is 0 Å². The molecule has 0 bridgehead atoms. The van der Waals surface area contributed by atoms with Crippen molar-refractivity contribution < 1.29 is 83.1 Å². The molecule has 0 unspecified atom stereocenters. The van der Waals surface area contributed by atoms with Gasteiger partial charge in [0.15, 0.2) is 0 Å². The molecule has 0 radical (unpaired) electrons. The maximum absolute atomic E-state index is 8.90. The zero-order chi connectivity index (χ0) is 4.28. The van der Waals surface area contributed by atoms with Crippen LogP contribution < -0.4 is 74.0 Å². The molecular formula is CClCsO3. The molecule has 0 aliphatic carbocycles. The summed E-state index contributed by atoms with van der Waals surface area (Å²) in [5.41, 5.74) is 0. The third-order valence-corrected chi connectivity index (χ3v) is 0.189. The molecule has 0 atom stereocenters. The summed E-state index contributed by atoms with van der Waals surface area (Å²) in [6.07, 6.45) is -1.73. The summed E-state index contributed by atoms with van der Waals surface area (Å²) in [6, 6.07) is 0. The van der Waals surface area contributed by atoms with Gasteiger partial charge in [-0.3, -0.25) is 0 Å². The average Bonchev–Trinajstić information content (AvgIpc) is 1.38. The zero-order valence-corrected chi connectivity index (χ0v) is 10.1. The Morgan fingerprint density at radius 3 is 2.00 bits per heavy atom. The molecule has 0 spiro atoms. The van der Waals surface area contributed by atoms with Crippen molar-refractivity contribution in [2.75, 3.05) is 0 Å². The monoisotopic (exact) mass is 228 g/mol. The van der Waals surface area contributed by atoms with Crippen LogP contribution in [-0.2, 0) is 4.29 Å². The summed E-state index contributed by atoms with van der Waals surface area (Å²) in [5.74, 6) is 0. The molecule has 0 aromatic carbocycles. The Hall–Kier alpha value is 1.61. The first-order chi connectivity index (χ1) is 2.27. The van der Waals surface area contributed by atoms with E-state index in [9.17, 15) is 0 Å². The third-order valence-electron chi connectivity index (χ3n) is 0.0630. The largest absolute Gasteiger partial charge is 1.00 e. The van der Waals surface area contributed by atoms with Gasteiger partial charge >= 0.3 is 68.9 Å². The van der Waals surface area contributed by atoms with Crippen LogP contribution in [0.1, 0.15) is 0 Å². The molecule has 3 nitrogen and oxygen atoms in total. The molecule has 0 amide bonds. The molecule has 0 rings (SSSR count). The molecule has 0 aromatic heterocycles. The zero-order valence-electron chi connectivity index (χ0n) is 3.10. The van der Waals surface area contributed by atoms with Crippen molar-refractivity contribution in [3.63, 3.8) is 0 Å². The standard InChI is InChI=1S/CHClO3.Cs/c2-5-1(3)4;/h(H,3,4);/q;+1/p-1. The Morgan fingerprint density at radius 2 is 2.00 bits per heavy atom. The number of hydrogen-bond acceptors (Lipinski definition) is 3. The van der Waals surface area contributed by atoms with Crippen LogP contribution in [0.3, 0.4) is 0 Å². The smallest absolute Gasteiger partial charge is 0.446 e. The second-order valence-corrected chi connectivity index (χ2v) is 0.481. The maximum atomic E-state index is 8.90. The first-order valence-corrected chi connectivity index (χ1v) is 1.08. The number of carboxylic acid groups (broad SMARTS) is 1. The second-order valence-electron chi connectivity index (χ2n) is 0.327. The Balaban J connectivity index is 0. The van der Waals surface area contributed by atoms with Crippen molar-refractivity contribution in [3.05, 3.63) is 0 Å². The number of hydrogen-bond donors (Lipinski definition) is 0. The van der Waals surface area contributed by atoms with Crippen molar-refractivity contribution in [1.29, 1.82) is 0 Å². The van der Waals surface area contributed by atoms with Gasteiger partial charge in [-0.15, -0.1) is 0 Å². The summed E-state index contributed by atoms with van der Waals surface area (Å²) in [7, 11) is 0. The van der Waals surface area contributed by atoms with E-state index in [0.29, 0.717) is 0 Å². The normalized spacial score (nSPS) is 5.50. The number of rotatable bonds is 0. The van der Waals surface area contributed by atoms with E-state index in [-0.39, 0.29) is 68.9 Å². The van der Waals surface area contributed by atoms with Crippen molar-refractivity contribution in [1.82, 2.24) is 0 Å². The molecule has 0 aliphatic rings. The van der Waals surface area contributed by atoms with Gasteiger partial charge in [-0.1, -0.05) is 0 Å². The predicted molar refractivity (Wildman–Crippen MR) is 12.3 cm³/mol. The van der Waals surface area contributed by atoms with E-state index in [1.807, 2.05) is 0 Å². The van der Waals surface area contributed by atoms with E-state index < -0.39 is 6.16 Å². The van der Waals surface area contributed by atoms with Crippen molar-refractivity contribution in [3.8, 4) is 0 Å². The molecule has 5 heteroatoms. The molecular weight excluding hydrogens is 228 g/mol. The van der Waals surface area contributed by atoms with Gasteiger partial charge < -0.3 is 14.2 Å². The van der Waals surface area contributed by atoms with E-state index in [1.165, 1.54) is 0 Å². The molecule has 0 aromatic rings. The van der Waals surface area contributed by atoms with Crippen LogP contribution in [-0.4, -0.2) is 6.16 Å². The summed E-state index contributed by atoms with van der Waals surface area (Å²) in [4.78, 5) is 8.90. The van der Waals surface area contributed by atoms with Crippen LogP contribution in [0.5, 0.6) is 0 Å². The molecule has 0 fully saturated rings. The van der Waals surface area contributed by atoms with Gasteiger partial charge in [0.05, 0.1) is 0 Å². The average molecular weight is 228 g/mol. The van der Waals surface area contributed by atoms with E-state index >= 15 is 0 Å². The second kappa shape index (κ2) is 6.61. The summed E-state index contributed by atoms with van der Waals surface area (Å²) < 4.78 is 3.03. The Labute approximate surface area is 98.6 Å². The maximum Gasteiger partial charge on any atom is 1.00 e. The molecule has 0 saturated carbocycles. The van der Waals surface area contributed by atoms with Crippen molar-refractivity contribution >= 4 is 18.0 Å². The number of carbonyl (C=O) groups excluding carboxylic acids is 1. The van der Waals surface area contributed by atoms with Crippen LogP contribution in [0.2, 0.25) is 0 Å². The van der Waals surface area contributed by atoms with Crippen LogP contribution in [0.4, 0.5) is 4.79 Å². The van der Waals surface area contributed by atoms with E-state index in [4.69, 9.17) is 9.90 Å². The molecule has 0 aliphatic heterocycles. The minimum absolute atomic E-state index is 0. The number of halogens is 1. The molecule has 0 heterocycles. The van der Waals surface area contributed by atoms with Crippen LogP contribution in [0.25, 0.3) is 0 Å². The van der Waals surface area contributed by atoms with Gasteiger partial charge in [-0.05, 0) is 0 Å². The van der Waals surface area contributed by atoms with Gasteiger partial charge in [0.2, 0.25) is 0 Å². The minimum Gasteiger partial charge on any atom is -0.446 e. The van der Waals surface area contributed by atoms with E-state index in [2.05, 4.69) is 16.2 Å². The molecule has 0 N–H and O–H groups in total. The van der Waals surface area contributed by atoms with Gasteiger partial charge in [-0.2, -0.15) is 0 Å². The molecule has 30 valence electrons. The van der Waals surface area contributed by atoms with Crippen LogP contribution in [0, 0.1) is 0 Å². The first-order valence-electron chi connectivity index (χ1n) is 0.767. The minimum atomic E-state index is -1.73. The van der Waals surface area contributed by atoms with Gasteiger partial charge in [0.25, 0.3) is 6.16 Å². The van der Waals surface area contributed by atoms with Gasteiger partial charge in [0, 0.05) is 11.9 Å². The fourth-order valence-electron chi connectivity index (χ4n) is 0. The van der Waals surface area contributed by atoms with Crippen LogP contribution >= 0.6 is 11.9 Å². The number of carbonyl (C=O) groups is 1. The van der Waals surface area contributed by atoms with E-state index in [0.717, 1.165) is 0 Å². The third kappa shape index (κ3) is 9.15. The SMILES string of the molecule is O=C([O-])OCl.[Cs+]. The first kappa shape index (κ1) is 10.6. The fraction of sp³-hybridized carbons (Fsp3) is 0. The van der Waals surface area contributed by atoms with E-state index in [1.54, 1.807) is 0 Å². The Bertz CT molecular complexity index is 46.1.